The lowest BCUT2D eigenvalue weighted by atomic mass is 10.1. The number of nitrogens with one attached hydrogen (secondary N) is 1. The van der Waals surface area contributed by atoms with Gasteiger partial charge in [0.25, 0.3) is 5.91 Å². The van der Waals surface area contributed by atoms with Crippen LogP contribution in [0, 0.1) is 41.5 Å². The fourth-order valence-corrected chi connectivity index (χ4v) is 4.70. The van der Waals surface area contributed by atoms with Gasteiger partial charge in [-0.3, -0.25) is 9.69 Å². The second kappa shape index (κ2) is 8.34. The van der Waals surface area contributed by atoms with E-state index in [9.17, 15) is 4.79 Å². The highest BCUT2D eigenvalue weighted by Crippen LogP contribution is 2.30. The van der Waals surface area contributed by atoms with E-state index in [1.54, 1.807) is 4.90 Å². The van der Waals surface area contributed by atoms with Crippen LogP contribution in [0.15, 0.2) is 46.6 Å². The number of carbonyl (C=O) groups excluding carboxylic acids is 1. The summed E-state index contributed by atoms with van der Waals surface area (Å²) in [6.07, 6.45) is 1.90. The van der Waals surface area contributed by atoms with Crippen LogP contribution in [0.3, 0.4) is 0 Å². The Hall–Kier alpha value is -2.70. The summed E-state index contributed by atoms with van der Waals surface area (Å²) >= 11 is 9.14. The van der Waals surface area contributed by atoms with Crippen LogP contribution >= 0.6 is 28.1 Å². The molecule has 1 aliphatic heterocycles. The van der Waals surface area contributed by atoms with E-state index in [-0.39, 0.29) is 5.91 Å². The predicted octanol–water partition coefficient (Wildman–Crippen LogP) is 6.35. The lowest BCUT2D eigenvalue weighted by Crippen LogP contribution is -2.30. The molecule has 0 bridgehead atoms. The molecule has 1 fully saturated rings. The van der Waals surface area contributed by atoms with Gasteiger partial charge in [-0.1, -0.05) is 22.0 Å². The first kappa shape index (κ1) is 22.5. The summed E-state index contributed by atoms with van der Waals surface area (Å²) in [5, 5.41) is 3.51. The first-order chi connectivity index (χ1) is 15.1. The number of aromatic nitrogens is 1. The number of halogens is 1. The molecule has 1 N–H and O–H groups in total. The van der Waals surface area contributed by atoms with Crippen molar-refractivity contribution in [1.82, 2.24) is 9.88 Å². The van der Waals surface area contributed by atoms with E-state index < -0.39 is 0 Å². The van der Waals surface area contributed by atoms with Crippen LogP contribution in [-0.2, 0) is 4.79 Å². The van der Waals surface area contributed by atoms with Gasteiger partial charge in [-0.15, -0.1) is 0 Å². The molecule has 0 saturated carbocycles. The number of anilines is 1. The quantitative estimate of drug-likeness (QED) is 0.331. The average Bonchev–Trinajstić information content (AvgIpc) is 3.16. The van der Waals surface area contributed by atoms with Crippen molar-refractivity contribution < 1.29 is 4.79 Å². The van der Waals surface area contributed by atoms with E-state index in [4.69, 9.17) is 12.2 Å². The predicted molar refractivity (Wildman–Crippen MR) is 140 cm³/mol. The number of nitrogens with zero attached hydrogens (tertiary/aromatic N) is 2. The number of carbonyl (C=O) groups is 1. The fourth-order valence-electron chi connectivity index (χ4n) is 4.17. The summed E-state index contributed by atoms with van der Waals surface area (Å²) in [5.74, 6) is -0.140. The molecular formula is C26H26BrN3OS. The minimum Gasteiger partial charge on any atom is -0.327 e. The lowest BCUT2D eigenvalue weighted by Gasteiger charge is -2.15. The zero-order valence-corrected chi connectivity index (χ0v) is 21.5. The standard InChI is InChI=1S/C26H26BrN3OS/c1-14-7-8-21(9-15(14)2)30-25(31)23(28-26(30)32)13-20-12-18(5)29(19(20)6)22-10-16(3)24(27)17(4)11-22/h7-13H,1-6H3,(H,28,32)/b23-13-. The molecule has 6 heteroatoms. The monoisotopic (exact) mass is 507 g/mol. The normalized spacial score (nSPS) is 15.1. The van der Waals surface area contributed by atoms with Crippen molar-refractivity contribution in [2.24, 2.45) is 0 Å². The van der Waals surface area contributed by atoms with Gasteiger partial charge in [-0.05, 0) is 118 Å². The third-order valence-electron chi connectivity index (χ3n) is 6.08. The maximum absolute atomic E-state index is 13.2. The summed E-state index contributed by atoms with van der Waals surface area (Å²) in [6.45, 7) is 12.4. The van der Waals surface area contributed by atoms with Gasteiger partial charge < -0.3 is 9.88 Å². The summed E-state index contributed by atoms with van der Waals surface area (Å²) in [6, 6.07) is 12.4. The largest absolute Gasteiger partial charge is 0.327 e. The van der Waals surface area contributed by atoms with Crippen molar-refractivity contribution >= 4 is 50.9 Å². The van der Waals surface area contributed by atoms with Crippen molar-refractivity contribution in [1.29, 1.82) is 0 Å². The average molecular weight is 508 g/mol. The molecule has 164 valence electrons. The Kier molecular flexibility index (Phi) is 5.86. The van der Waals surface area contributed by atoms with Crippen LogP contribution in [-0.4, -0.2) is 15.6 Å². The molecule has 0 aliphatic carbocycles. The molecule has 1 aromatic heterocycles. The van der Waals surface area contributed by atoms with Gasteiger partial charge in [0.1, 0.15) is 5.70 Å². The molecule has 32 heavy (non-hydrogen) atoms. The van der Waals surface area contributed by atoms with Gasteiger partial charge in [0.15, 0.2) is 5.11 Å². The third-order valence-corrected chi connectivity index (χ3v) is 7.61. The molecule has 0 radical (unpaired) electrons. The van der Waals surface area contributed by atoms with Crippen LogP contribution in [0.25, 0.3) is 11.8 Å². The molecule has 0 spiro atoms. The molecule has 3 aromatic rings. The molecule has 4 rings (SSSR count). The van der Waals surface area contributed by atoms with E-state index >= 15 is 0 Å². The Morgan fingerprint density at radius 1 is 0.875 bits per heavy atom. The third kappa shape index (κ3) is 3.82. The molecular weight excluding hydrogens is 482 g/mol. The van der Waals surface area contributed by atoms with E-state index in [2.05, 4.69) is 78.6 Å². The SMILES string of the molecule is Cc1ccc(N2C(=O)/C(=C/c3cc(C)n(-c4cc(C)c(Br)c(C)c4)c3C)NC2=S)cc1C. The van der Waals surface area contributed by atoms with Crippen LogP contribution in [0.1, 0.15) is 39.2 Å². The number of hydrogen-bond donors (Lipinski definition) is 1. The van der Waals surface area contributed by atoms with Crippen LogP contribution in [0.5, 0.6) is 0 Å². The van der Waals surface area contributed by atoms with Gasteiger partial charge in [-0.2, -0.15) is 0 Å². The summed E-state index contributed by atoms with van der Waals surface area (Å²) in [4.78, 5) is 14.8. The topological polar surface area (TPSA) is 37.3 Å². The number of rotatable bonds is 3. The smallest absolute Gasteiger partial charge is 0.281 e. The van der Waals surface area contributed by atoms with E-state index in [0.29, 0.717) is 10.8 Å². The summed E-state index contributed by atoms with van der Waals surface area (Å²) in [7, 11) is 0. The number of thiocarbonyl (C=S) groups is 1. The number of aryl methyl sites for hydroxylation is 5. The van der Waals surface area contributed by atoms with Crippen LogP contribution < -0.4 is 10.2 Å². The zero-order valence-electron chi connectivity index (χ0n) is 19.1. The number of benzene rings is 2. The van der Waals surface area contributed by atoms with Crippen molar-refractivity contribution in [2.45, 2.75) is 41.5 Å². The molecule has 2 aromatic carbocycles. The molecule has 1 aliphatic rings. The fraction of sp³-hybridized carbons (Fsp3) is 0.231. The maximum atomic E-state index is 13.2. The second-order valence-corrected chi connectivity index (χ2v) is 9.63. The van der Waals surface area contributed by atoms with E-state index in [1.165, 1.54) is 16.7 Å². The Balaban J connectivity index is 1.72. The van der Waals surface area contributed by atoms with Gasteiger partial charge >= 0.3 is 0 Å². The molecule has 1 amide bonds. The van der Waals surface area contributed by atoms with Crippen LogP contribution in [0.2, 0.25) is 0 Å². The number of amides is 1. The molecule has 0 unspecified atom stereocenters. The molecule has 2 heterocycles. The van der Waals surface area contributed by atoms with Gasteiger partial charge in [0, 0.05) is 21.5 Å². The first-order valence-corrected chi connectivity index (χ1v) is 11.7. The van der Waals surface area contributed by atoms with Gasteiger partial charge in [0.2, 0.25) is 0 Å². The molecule has 1 saturated heterocycles. The van der Waals surface area contributed by atoms with E-state index in [1.807, 2.05) is 31.2 Å². The Labute approximate surface area is 203 Å². The van der Waals surface area contributed by atoms with Crippen LogP contribution in [0.4, 0.5) is 5.69 Å². The lowest BCUT2D eigenvalue weighted by molar-refractivity contribution is -0.113. The highest BCUT2D eigenvalue weighted by Gasteiger charge is 2.32. The van der Waals surface area contributed by atoms with Gasteiger partial charge in [0.05, 0.1) is 5.69 Å². The Bertz CT molecular complexity index is 1300. The minimum absolute atomic E-state index is 0.140. The van der Waals surface area contributed by atoms with E-state index in [0.717, 1.165) is 38.4 Å². The second-order valence-electron chi connectivity index (χ2n) is 8.45. The van der Waals surface area contributed by atoms with Crippen molar-refractivity contribution in [3.63, 3.8) is 0 Å². The van der Waals surface area contributed by atoms with Crippen molar-refractivity contribution in [3.05, 3.63) is 85.8 Å². The highest BCUT2D eigenvalue weighted by molar-refractivity contribution is 9.10. The molecule has 4 nitrogen and oxygen atoms in total. The van der Waals surface area contributed by atoms with Crippen molar-refractivity contribution in [2.75, 3.05) is 4.90 Å². The maximum Gasteiger partial charge on any atom is 0.281 e. The highest BCUT2D eigenvalue weighted by atomic mass is 79.9. The molecule has 0 atom stereocenters. The van der Waals surface area contributed by atoms with Crippen molar-refractivity contribution in [3.8, 4) is 5.69 Å². The summed E-state index contributed by atoms with van der Waals surface area (Å²) < 4.78 is 3.35. The first-order valence-electron chi connectivity index (χ1n) is 10.5. The van der Waals surface area contributed by atoms with Gasteiger partial charge in [-0.25, -0.2) is 0 Å². The minimum atomic E-state index is -0.140. The Morgan fingerprint density at radius 3 is 2.12 bits per heavy atom. The summed E-state index contributed by atoms with van der Waals surface area (Å²) in [5.41, 5.74) is 10.2. The zero-order chi connectivity index (χ0) is 23.3. The Morgan fingerprint density at radius 2 is 1.50 bits per heavy atom. The number of hydrogen-bond acceptors (Lipinski definition) is 2.